The number of terminal acetylenes is 1. The van der Waals surface area contributed by atoms with Crippen molar-refractivity contribution < 1.29 is 19.4 Å². The number of benzene rings is 1. The second-order valence-electron chi connectivity index (χ2n) is 4.30. The van der Waals surface area contributed by atoms with E-state index in [0.717, 1.165) is 5.56 Å². The lowest BCUT2D eigenvalue weighted by molar-refractivity contribution is -0.138. The van der Waals surface area contributed by atoms with E-state index in [1.807, 2.05) is 12.1 Å². The number of hydrogen-bond donors (Lipinski definition) is 2. The molecule has 2 rings (SSSR count). The van der Waals surface area contributed by atoms with E-state index in [0.29, 0.717) is 21.7 Å². The molecule has 5 nitrogen and oxygen atoms in total. The molecule has 1 heterocycles. The van der Waals surface area contributed by atoms with Gasteiger partial charge in [-0.1, -0.05) is 5.92 Å². The smallest absolute Gasteiger partial charge is 0.321 e. The largest absolute Gasteiger partial charge is 0.493 e. The number of carbonyl (C=O) groups is 1. The molecule has 0 amide bonds. The molecule has 2 atom stereocenters. The Morgan fingerprint density at radius 3 is 3.00 bits per heavy atom. The van der Waals surface area contributed by atoms with Gasteiger partial charge in [-0.2, -0.15) is 0 Å². The fraction of sp³-hybridized carbons (Fsp3) is 0.357. The maximum Gasteiger partial charge on any atom is 0.321 e. The summed E-state index contributed by atoms with van der Waals surface area (Å²) in [4.78, 5) is 11.0. The highest BCUT2D eigenvalue weighted by molar-refractivity contribution is 9.10. The van der Waals surface area contributed by atoms with Gasteiger partial charge in [0.2, 0.25) is 0 Å². The fourth-order valence-electron chi connectivity index (χ4n) is 1.95. The Labute approximate surface area is 135 Å². The molecule has 1 fully saturated rings. The van der Waals surface area contributed by atoms with Crippen molar-refractivity contribution in [1.29, 1.82) is 0 Å². The van der Waals surface area contributed by atoms with E-state index >= 15 is 0 Å². The van der Waals surface area contributed by atoms with E-state index in [1.165, 1.54) is 0 Å². The molecule has 0 bridgehead atoms. The van der Waals surface area contributed by atoms with Crippen LogP contribution in [0.3, 0.4) is 0 Å². The predicted molar refractivity (Wildman–Crippen MR) is 84.8 cm³/mol. The summed E-state index contributed by atoms with van der Waals surface area (Å²) in [6.07, 6.45) is 5.19. The molecule has 0 saturated carbocycles. The molecule has 7 heteroatoms. The molecule has 0 spiro atoms. The topological polar surface area (TPSA) is 67.8 Å². The van der Waals surface area contributed by atoms with Crippen LogP contribution >= 0.6 is 27.7 Å². The average molecular weight is 372 g/mol. The Hall–Kier alpha value is -1.36. The first-order valence-electron chi connectivity index (χ1n) is 6.11. The summed E-state index contributed by atoms with van der Waals surface area (Å²) in [6, 6.07) is 3.16. The minimum absolute atomic E-state index is 0.0991. The van der Waals surface area contributed by atoms with Gasteiger partial charge < -0.3 is 14.6 Å². The zero-order valence-electron chi connectivity index (χ0n) is 11.3. The van der Waals surface area contributed by atoms with Crippen molar-refractivity contribution in [2.24, 2.45) is 0 Å². The van der Waals surface area contributed by atoms with Crippen molar-refractivity contribution in [1.82, 2.24) is 5.32 Å². The van der Waals surface area contributed by atoms with Crippen LogP contribution < -0.4 is 14.8 Å². The number of nitrogens with one attached hydrogen (secondary N) is 1. The predicted octanol–water partition coefficient (Wildman–Crippen LogP) is 2.26. The van der Waals surface area contributed by atoms with Crippen molar-refractivity contribution in [3.05, 3.63) is 22.2 Å². The Morgan fingerprint density at radius 1 is 1.67 bits per heavy atom. The zero-order valence-corrected chi connectivity index (χ0v) is 13.7. The third-order valence-corrected chi connectivity index (χ3v) is 4.79. The second-order valence-corrected chi connectivity index (χ2v) is 6.29. The molecule has 0 unspecified atom stereocenters. The number of thioether (sulfide) groups is 1. The molecule has 112 valence electrons. The number of methoxy groups -OCH3 is 1. The maximum atomic E-state index is 11.0. The quantitative estimate of drug-likeness (QED) is 0.773. The van der Waals surface area contributed by atoms with Crippen LogP contribution in [0, 0.1) is 12.3 Å². The highest BCUT2D eigenvalue weighted by atomic mass is 79.9. The number of halogens is 1. The molecule has 1 aromatic rings. The standard InChI is InChI=1S/C14H14BrNO4S/c1-3-4-20-12-9(15)5-8(6-11(12)19-2)13-16-10(7-21-13)14(17)18/h1,5-6,10,13,16H,4,7H2,2H3,(H,17,18)/t10-,13+/m0/s1. The summed E-state index contributed by atoms with van der Waals surface area (Å²) in [5.41, 5.74) is 0.917. The van der Waals surface area contributed by atoms with Crippen LogP contribution in [0.25, 0.3) is 0 Å². The molecular formula is C14H14BrNO4S. The van der Waals surface area contributed by atoms with Crippen molar-refractivity contribution in [2.75, 3.05) is 19.5 Å². The SMILES string of the molecule is C#CCOc1c(Br)cc([C@@H]2N[C@H](C(=O)O)CS2)cc1OC. The number of carboxylic acids is 1. The van der Waals surface area contributed by atoms with Crippen LogP contribution in [-0.4, -0.2) is 36.6 Å². The Bertz CT molecular complexity index is 587. The van der Waals surface area contributed by atoms with Gasteiger partial charge in [0, 0.05) is 5.75 Å². The van der Waals surface area contributed by atoms with E-state index in [4.69, 9.17) is 21.0 Å². The van der Waals surface area contributed by atoms with E-state index in [1.54, 1.807) is 18.9 Å². The highest BCUT2D eigenvalue weighted by Crippen LogP contribution is 2.41. The van der Waals surface area contributed by atoms with Gasteiger partial charge in [0.1, 0.15) is 12.6 Å². The second kappa shape index (κ2) is 7.07. The summed E-state index contributed by atoms with van der Waals surface area (Å²) in [5.74, 6) is 3.17. The van der Waals surface area contributed by atoms with E-state index in [9.17, 15) is 4.79 Å². The van der Waals surface area contributed by atoms with Gasteiger partial charge in [-0.15, -0.1) is 18.2 Å². The van der Waals surface area contributed by atoms with Crippen LogP contribution in [0.2, 0.25) is 0 Å². The summed E-state index contributed by atoms with van der Waals surface area (Å²) in [6.45, 7) is 0.145. The molecule has 1 saturated heterocycles. The Balaban J connectivity index is 2.24. The average Bonchev–Trinajstić information content (AvgIpc) is 2.95. The lowest BCUT2D eigenvalue weighted by Crippen LogP contribution is -2.33. The normalized spacial score (nSPS) is 20.8. The van der Waals surface area contributed by atoms with E-state index in [2.05, 4.69) is 27.2 Å². The lowest BCUT2D eigenvalue weighted by atomic mass is 10.2. The van der Waals surface area contributed by atoms with E-state index in [-0.39, 0.29) is 12.0 Å². The van der Waals surface area contributed by atoms with Gasteiger partial charge in [0.15, 0.2) is 11.5 Å². The van der Waals surface area contributed by atoms with Crippen molar-refractivity contribution in [3.63, 3.8) is 0 Å². The zero-order chi connectivity index (χ0) is 15.4. The fourth-order valence-corrected chi connectivity index (χ4v) is 3.74. The number of aliphatic carboxylic acids is 1. The Morgan fingerprint density at radius 2 is 2.43 bits per heavy atom. The molecule has 21 heavy (non-hydrogen) atoms. The molecule has 1 aliphatic heterocycles. The van der Waals surface area contributed by atoms with Gasteiger partial charge in [-0.25, -0.2) is 0 Å². The van der Waals surface area contributed by atoms with Crippen molar-refractivity contribution in [3.8, 4) is 23.8 Å². The monoisotopic (exact) mass is 371 g/mol. The maximum absolute atomic E-state index is 11.0. The summed E-state index contributed by atoms with van der Waals surface area (Å²) in [7, 11) is 1.55. The first-order valence-corrected chi connectivity index (χ1v) is 7.95. The minimum atomic E-state index is -0.843. The van der Waals surface area contributed by atoms with Crippen molar-refractivity contribution in [2.45, 2.75) is 11.4 Å². The van der Waals surface area contributed by atoms with Crippen molar-refractivity contribution >= 4 is 33.7 Å². The van der Waals surface area contributed by atoms with Gasteiger partial charge in [-0.3, -0.25) is 10.1 Å². The molecule has 0 aliphatic carbocycles. The molecule has 0 radical (unpaired) electrons. The first kappa shape index (κ1) is 16.0. The van der Waals surface area contributed by atoms with Gasteiger partial charge in [-0.05, 0) is 33.6 Å². The van der Waals surface area contributed by atoms with Crippen LogP contribution in [-0.2, 0) is 4.79 Å². The Kier molecular flexibility index (Phi) is 5.39. The minimum Gasteiger partial charge on any atom is -0.493 e. The number of ether oxygens (including phenoxy) is 2. The molecule has 1 aliphatic rings. The summed E-state index contributed by atoms with van der Waals surface area (Å²) >= 11 is 4.98. The molecule has 0 aromatic heterocycles. The number of carboxylic acid groups (broad SMARTS) is 1. The van der Waals surface area contributed by atoms with Crippen LogP contribution in [0.4, 0.5) is 0 Å². The molecule has 2 N–H and O–H groups in total. The molecular weight excluding hydrogens is 358 g/mol. The van der Waals surface area contributed by atoms with Gasteiger partial charge >= 0.3 is 5.97 Å². The number of rotatable bonds is 5. The van der Waals surface area contributed by atoms with Gasteiger partial charge in [0.05, 0.1) is 17.0 Å². The van der Waals surface area contributed by atoms with Crippen LogP contribution in [0.1, 0.15) is 10.9 Å². The van der Waals surface area contributed by atoms with E-state index < -0.39 is 12.0 Å². The van der Waals surface area contributed by atoms with Crippen LogP contribution in [0.15, 0.2) is 16.6 Å². The lowest BCUT2D eigenvalue weighted by Gasteiger charge is -2.16. The number of hydrogen-bond acceptors (Lipinski definition) is 5. The molecule has 1 aromatic carbocycles. The van der Waals surface area contributed by atoms with Gasteiger partial charge in [0.25, 0.3) is 0 Å². The summed E-state index contributed by atoms with van der Waals surface area (Å²) < 4.78 is 11.5. The third kappa shape index (κ3) is 3.64. The highest BCUT2D eigenvalue weighted by Gasteiger charge is 2.31. The summed E-state index contributed by atoms with van der Waals surface area (Å²) in [5, 5.41) is 12.0. The van der Waals surface area contributed by atoms with Crippen LogP contribution in [0.5, 0.6) is 11.5 Å². The third-order valence-electron chi connectivity index (χ3n) is 2.93. The first-order chi connectivity index (χ1) is 10.1.